The van der Waals surface area contributed by atoms with Crippen LogP contribution in [0.25, 0.3) is 11.3 Å². The molecule has 2 aromatic heterocycles. The summed E-state index contributed by atoms with van der Waals surface area (Å²) in [6, 6.07) is 13.2. The Balaban J connectivity index is 1.60. The molecule has 0 saturated heterocycles. The van der Waals surface area contributed by atoms with Crippen LogP contribution in [0.4, 0.5) is 0 Å². The number of carbonyl (C=O) groups excluding carboxylic acids is 1. The number of rotatable bonds is 5. The Hall–Kier alpha value is -3.06. The summed E-state index contributed by atoms with van der Waals surface area (Å²) in [5.74, 6) is 1.49. The van der Waals surface area contributed by atoms with Crippen LogP contribution in [0.5, 0.6) is 5.75 Å². The summed E-state index contributed by atoms with van der Waals surface area (Å²) in [5.41, 5.74) is 2.22. The molecule has 128 valence electrons. The summed E-state index contributed by atoms with van der Waals surface area (Å²) in [6.07, 6.45) is 1.51. The highest BCUT2D eigenvalue weighted by Gasteiger charge is 2.27. The molecule has 25 heavy (non-hydrogen) atoms. The summed E-state index contributed by atoms with van der Waals surface area (Å²) in [4.78, 5) is 12.2. The second-order valence-corrected chi connectivity index (χ2v) is 5.77. The number of ether oxygens (including phenoxy) is 1. The number of hydrogen-bond acceptors (Lipinski definition) is 5. The van der Waals surface area contributed by atoms with Crippen LogP contribution in [-0.2, 0) is 6.54 Å². The smallest absolute Gasteiger partial charge is 0.269 e. The van der Waals surface area contributed by atoms with E-state index in [9.17, 15) is 4.79 Å². The Morgan fingerprint density at radius 1 is 1.36 bits per heavy atom. The Labute approximate surface area is 144 Å². The minimum absolute atomic E-state index is 0.122. The van der Waals surface area contributed by atoms with Crippen molar-refractivity contribution < 1.29 is 13.9 Å². The van der Waals surface area contributed by atoms with Crippen LogP contribution in [0.3, 0.4) is 0 Å². The molecule has 0 unspecified atom stereocenters. The molecule has 1 atom stereocenters. The van der Waals surface area contributed by atoms with Crippen molar-refractivity contribution >= 4 is 5.91 Å². The van der Waals surface area contributed by atoms with E-state index in [4.69, 9.17) is 9.15 Å². The Bertz CT molecular complexity index is 868. The van der Waals surface area contributed by atoms with Crippen LogP contribution in [0, 0.1) is 0 Å². The predicted octanol–water partition coefficient (Wildman–Crippen LogP) is 2.18. The maximum Gasteiger partial charge on any atom is 0.269 e. The Morgan fingerprint density at radius 3 is 2.92 bits per heavy atom. The lowest BCUT2D eigenvalue weighted by atomic mass is 10.1. The van der Waals surface area contributed by atoms with Gasteiger partial charge < -0.3 is 14.5 Å². The quantitative estimate of drug-likeness (QED) is 0.745. The molecule has 0 fully saturated rings. The van der Waals surface area contributed by atoms with Crippen molar-refractivity contribution in [2.45, 2.75) is 12.7 Å². The molecule has 1 amide bonds. The van der Waals surface area contributed by atoms with Crippen LogP contribution in [0.2, 0.25) is 0 Å². The van der Waals surface area contributed by atoms with Crippen molar-refractivity contribution in [3.63, 3.8) is 0 Å². The third-order valence-electron chi connectivity index (χ3n) is 4.20. The lowest BCUT2D eigenvalue weighted by Crippen LogP contribution is -2.45. The number of methoxy groups -OCH3 is 1. The molecule has 0 aliphatic carbocycles. The van der Waals surface area contributed by atoms with E-state index in [-0.39, 0.29) is 12.1 Å². The van der Waals surface area contributed by atoms with Crippen molar-refractivity contribution in [3.8, 4) is 17.0 Å². The van der Waals surface area contributed by atoms with Crippen molar-refractivity contribution in [3.05, 3.63) is 60.2 Å². The number of nitrogens with one attached hydrogen (secondary N) is 2. The summed E-state index contributed by atoms with van der Waals surface area (Å²) in [5, 5.41) is 10.9. The molecule has 1 aliphatic rings. The first-order valence-electron chi connectivity index (χ1n) is 8.02. The number of nitrogens with zero attached hydrogens (tertiary/aromatic N) is 2. The van der Waals surface area contributed by atoms with E-state index < -0.39 is 0 Å². The first kappa shape index (κ1) is 15.5. The van der Waals surface area contributed by atoms with Gasteiger partial charge in [-0.25, -0.2) is 4.68 Å². The standard InChI is InChI=1S/C18H18N4O3/c1-24-13-6-4-12(5-7-13)15-9-16-18(23)20-11-17(22(16)21-15)19-10-14-3-2-8-25-14/h2-9,17,19H,10-11H2,1H3,(H,20,23)/t17-/m0/s1. The highest BCUT2D eigenvalue weighted by Crippen LogP contribution is 2.24. The highest BCUT2D eigenvalue weighted by molar-refractivity contribution is 5.94. The average Bonchev–Trinajstić information content (AvgIpc) is 3.31. The Kier molecular flexibility index (Phi) is 3.99. The first-order chi connectivity index (χ1) is 12.2. The third-order valence-corrected chi connectivity index (χ3v) is 4.20. The average molecular weight is 338 g/mol. The Morgan fingerprint density at radius 2 is 2.20 bits per heavy atom. The molecule has 0 bridgehead atoms. The molecule has 1 aliphatic heterocycles. The number of fused-ring (bicyclic) bond motifs is 1. The van der Waals surface area contributed by atoms with Crippen LogP contribution in [0.15, 0.2) is 53.1 Å². The maximum absolute atomic E-state index is 12.2. The minimum Gasteiger partial charge on any atom is -0.497 e. The zero-order chi connectivity index (χ0) is 17.2. The molecule has 3 aromatic rings. The lowest BCUT2D eigenvalue weighted by molar-refractivity contribution is 0.0899. The van der Waals surface area contributed by atoms with E-state index in [1.165, 1.54) is 0 Å². The fourth-order valence-corrected chi connectivity index (χ4v) is 2.86. The number of hydrogen-bond donors (Lipinski definition) is 2. The van der Waals surface area contributed by atoms with Gasteiger partial charge in [-0.2, -0.15) is 5.10 Å². The van der Waals surface area contributed by atoms with Crippen molar-refractivity contribution in [1.82, 2.24) is 20.4 Å². The molecular formula is C18H18N4O3. The number of aromatic nitrogens is 2. The normalized spacial score (nSPS) is 16.4. The topological polar surface area (TPSA) is 81.3 Å². The fourth-order valence-electron chi connectivity index (χ4n) is 2.86. The van der Waals surface area contributed by atoms with E-state index in [1.807, 2.05) is 36.4 Å². The van der Waals surface area contributed by atoms with Gasteiger partial charge in [-0.1, -0.05) is 0 Å². The second kappa shape index (κ2) is 6.45. The lowest BCUT2D eigenvalue weighted by Gasteiger charge is -2.25. The molecule has 4 rings (SSSR count). The summed E-state index contributed by atoms with van der Waals surface area (Å²) in [6.45, 7) is 1.03. The molecule has 0 spiro atoms. The summed E-state index contributed by atoms with van der Waals surface area (Å²) in [7, 11) is 1.63. The predicted molar refractivity (Wildman–Crippen MR) is 91.1 cm³/mol. The molecule has 3 heterocycles. The fraction of sp³-hybridized carbons (Fsp3) is 0.222. The molecule has 1 aromatic carbocycles. The number of benzene rings is 1. The molecule has 7 nitrogen and oxygen atoms in total. The van der Waals surface area contributed by atoms with Gasteiger partial charge in [0.15, 0.2) is 0 Å². The van der Waals surface area contributed by atoms with E-state index in [0.29, 0.717) is 18.8 Å². The van der Waals surface area contributed by atoms with Crippen LogP contribution >= 0.6 is 0 Å². The van der Waals surface area contributed by atoms with E-state index >= 15 is 0 Å². The third kappa shape index (κ3) is 3.01. The first-order valence-corrected chi connectivity index (χ1v) is 8.02. The van der Waals surface area contributed by atoms with Crippen LogP contribution in [0.1, 0.15) is 22.4 Å². The monoisotopic (exact) mass is 338 g/mol. The van der Waals surface area contributed by atoms with Gasteiger partial charge >= 0.3 is 0 Å². The van der Waals surface area contributed by atoms with Gasteiger partial charge in [0.1, 0.15) is 23.4 Å². The van der Waals surface area contributed by atoms with Crippen molar-refractivity contribution in [2.75, 3.05) is 13.7 Å². The molecule has 0 saturated carbocycles. The second-order valence-electron chi connectivity index (χ2n) is 5.77. The highest BCUT2D eigenvalue weighted by atomic mass is 16.5. The van der Waals surface area contributed by atoms with Gasteiger partial charge in [0, 0.05) is 5.56 Å². The van der Waals surface area contributed by atoms with Gasteiger partial charge in [-0.3, -0.25) is 10.1 Å². The minimum atomic E-state index is -0.134. The zero-order valence-corrected chi connectivity index (χ0v) is 13.7. The molecular weight excluding hydrogens is 320 g/mol. The van der Waals surface area contributed by atoms with Gasteiger partial charge in [0.2, 0.25) is 0 Å². The van der Waals surface area contributed by atoms with Gasteiger partial charge in [-0.05, 0) is 42.5 Å². The van der Waals surface area contributed by atoms with E-state index in [0.717, 1.165) is 22.8 Å². The summed E-state index contributed by atoms with van der Waals surface area (Å²) >= 11 is 0. The summed E-state index contributed by atoms with van der Waals surface area (Å²) < 4.78 is 12.3. The molecule has 2 N–H and O–H groups in total. The van der Waals surface area contributed by atoms with Gasteiger partial charge in [0.05, 0.1) is 32.2 Å². The zero-order valence-electron chi connectivity index (χ0n) is 13.7. The molecule has 0 radical (unpaired) electrons. The number of furan rings is 1. The van der Waals surface area contributed by atoms with E-state index in [1.54, 1.807) is 24.1 Å². The van der Waals surface area contributed by atoms with Crippen LogP contribution in [-0.4, -0.2) is 29.3 Å². The van der Waals surface area contributed by atoms with Crippen molar-refractivity contribution in [2.24, 2.45) is 0 Å². The molecule has 7 heteroatoms. The largest absolute Gasteiger partial charge is 0.497 e. The number of carbonyl (C=O) groups is 1. The van der Waals surface area contributed by atoms with Gasteiger partial charge in [0.25, 0.3) is 5.91 Å². The SMILES string of the molecule is COc1ccc(-c2cc3n(n2)[C@H](NCc2ccco2)CNC3=O)cc1. The maximum atomic E-state index is 12.2. The van der Waals surface area contributed by atoms with Crippen LogP contribution < -0.4 is 15.4 Å². The van der Waals surface area contributed by atoms with Gasteiger partial charge in [-0.15, -0.1) is 0 Å². The van der Waals surface area contributed by atoms with E-state index in [2.05, 4.69) is 15.7 Å². The number of amides is 1. The van der Waals surface area contributed by atoms with Crippen molar-refractivity contribution in [1.29, 1.82) is 0 Å².